The maximum Gasteiger partial charge on any atom is 0.243 e. The molecule has 2 rings (SSSR count). The van der Waals surface area contributed by atoms with Crippen LogP contribution in [0.25, 0.3) is 0 Å². The molecule has 1 aromatic carbocycles. The van der Waals surface area contributed by atoms with Crippen molar-refractivity contribution < 1.29 is 28.2 Å². The van der Waals surface area contributed by atoms with E-state index in [9.17, 15) is 28.2 Å². The van der Waals surface area contributed by atoms with Gasteiger partial charge in [0.25, 0.3) is 0 Å². The van der Waals surface area contributed by atoms with Gasteiger partial charge in [0.2, 0.25) is 21.8 Å². The van der Waals surface area contributed by atoms with Crippen molar-refractivity contribution in [2.75, 3.05) is 32.4 Å². The molecular formula is C35H54N4O6S. The van der Waals surface area contributed by atoms with E-state index in [-0.39, 0.29) is 38.1 Å². The molecule has 1 aromatic rings. The van der Waals surface area contributed by atoms with Gasteiger partial charge in [-0.05, 0) is 43.7 Å². The Bertz CT molecular complexity index is 1240. The molecule has 1 aliphatic carbocycles. The minimum absolute atomic E-state index is 0.141. The third kappa shape index (κ3) is 13.8. The second kappa shape index (κ2) is 21.0. The largest absolute Gasteiger partial charge is 0.390 e. The van der Waals surface area contributed by atoms with Gasteiger partial charge in [0.1, 0.15) is 12.1 Å². The Labute approximate surface area is 276 Å². The van der Waals surface area contributed by atoms with E-state index in [0.717, 1.165) is 50.6 Å². The average molecular weight is 659 g/mol. The summed E-state index contributed by atoms with van der Waals surface area (Å²) in [6, 6.07) is 7.15. The van der Waals surface area contributed by atoms with Gasteiger partial charge in [-0.3, -0.25) is 9.59 Å². The quantitative estimate of drug-likeness (QED) is 0.101. The van der Waals surface area contributed by atoms with Crippen LogP contribution in [0.5, 0.6) is 0 Å². The summed E-state index contributed by atoms with van der Waals surface area (Å²) in [7, 11) is -2.34. The number of carbonyl (C=O) groups is 2. The van der Waals surface area contributed by atoms with E-state index in [1.165, 1.54) is 11.4 Å². The molecule has 11 heteroatoms. The fourth-order valence-corrected chi connectivity index (χ4v) is 7.22. The van der Waals surface area contributed by atoms with E-state index in [1.54, 1.807) is 0 Å². The third-order valence-corrected chi connectivity index (χ3v) is 10.6. The molecule has 0 saturated heterocycles. The molecule has 0 aromatic heterocycles. The molecule has 1 saturated carbocycles. The van der Waals surface area contributed by atoms with Crippen molar-refractivity contribution in [3.05, 3.63) is 35.9 Å². The van der Waals surface area contributed by atoms with Crippen LogP contribution >= 0.6 is 0 Å². The summed E-state index contributed by atoms with van der Waals surface area (Å²) >= 11 is 0. The summed E-state index contributed by atoms with van der Waals surface area (Å²) in [4.78, 5) is 27.4. The maximum absolute atomic E-state index is 13.7. The zero-order valence-corrected chi connectivity index (χ0v) is 28.3. The van der Waals surface area contributed by atoms with Crippen LogP contribution in [0, 0.1) is 36.5 Å². The lowest BCUT2D eigenvalue weighted by molar-refractivity contribution is -0.132. The summed E-state index contributed by atoms with van der Waals surface area (Å²) in [5, 5.41) is 30.4. The van der Waals surface area contributed by atoms with Crippen LogP contribution in [-0.4, -0.2) is 91.5 Å². The highest BCUT2D eigenvalue weighted by atomic mass is 32.2. The number of likely N-dealkylation sites (N-methyl/N-ethyl adjacent to an activating group) is 1. The van der Waals surface area contributed by atoms with Crippen LogP contribution in [0.15, 0.2) is 30.3 Å². The molecule has 2 amide bonds. The number of hydrogen-bond donors (Lipinski definition) is 5. The Hall–Kier alpha value is -2.93. The van der Waals surface area contributed by atoms with E-state index in [0.29, 0.717) is 13.0 Å². The number of aliphatic hydroxyl groups excluding tert-OH is 2. The topological polar surface area (TPSA) is 148 Å². The molecule has 5 N–H and O–H groups in total. The van der Waals surface area contributed by atoms with E-state index in [4.69, 9.17) is 12.8 Å². The van der Waals surface area contributed by atoms with Crippen LogP contribution in [0.1, 0.15) is 76.7 Å². The smallest absolute Gasteiger partial charge is 0.243 e. The van der Waals surface area contributed by atoms with Gasteiger partial charge >= 0.3 is 0 Å². The molecule has 0 spiro atoms. The molecule has 0 radical (unpaired) electrons. The number of nitrogens with one attached hydrogen (secondary N) is 3. The first-order valence-corrected chi connectivity index (χ1v) is 18.2. The van der Waals surface area contributed by atoms with E-state index in [2.05, 4.69) is 27.8 Å². The minimum atomic E-state index is -3.83. The summed E-state index contributed by atoms with van der Waals surface area (Å²) in [6.45, 7) is 3.53. The van der Waals surface area contributed by atoms with Gasteiger partial charge in [-0.1, -0.05) is 69.4 Å². The van der Waals surface area contributed by atoms with Gasteiger partial charge in [0.05, 0.1) is 23.8 Å². The zero-order valence-electron chi connectivity index (χ0n) is 27.5. The van der Waals surface area contributed by atoms with Crippen molar-refractivity contribution >= 4 is 21.8 Å². The number of amides is 2. The molecule has 1 aliphatic rings. The summed E-state index contributed by atoms with van der Waals surface area (Å²) in [6.07, 6.45) is 15.6. The van der Waals surface area contributed by atoms with E-state index < -0.39 is 57.8 Å². The number of terminal acetylenes is 2. The Morgan fingerprint density at radius 3 is 2.35 bits per heavy atom. The Morgan fingerprint density at radius 2 is 1.72 bits per heavy atom. The number of nitrogens with zero attached hydrogens (tertiary/aromatic N) is 1. The first kappa shape index (κ1) is 39.2. The third-order valence-electron chi connectivity index (χ3n) is 8.60. The highest BCUT2D eigenvalue weighted by Crippen LogP contribution is 2.29. The monoisotopic (exact) mass is 658 g/mol. The average Bonchev–Trinajstić information content (AvgIpc) is 3.05. The molecule has 0 heterocycles. The Kier molecular flexibility index (Phi) is 18.0. The molecule has 256 valence electrons. The van der Waals surface area contributed by atoms with Crippen molar-refractivity contribution in [3.8, 4) is 24.7 Å². The highest BCUT2D eigenvalue weighted by Gasteiger charge is 2.34. The number of carbonyl (C=O) groups excluding carboxylic acids is 2. The van der Waals surface area contributed by atoms with Gasteiger partial charge in [-0.15, -0.1) is 24.7 Å². The lowest BCUT2D eigenvalue weighted by atomic mass is 9.82. The van der Waals surface area contributed by atoms with Crippen molar-refractivity contribution in [1.29, 1.82) is 0 Å². The van der Waals surface area contributed by atoms with Crippen molar-refractivity contribution in [1.82, 2.24) is 20.3 Å². The molecule has 0 bridgehead atoms. The Balaban J connectivity index is 2.24. The van der Waals surface area contributed by atoms with E-state index in [1.807, 2.05) is 37.3 Å². The van der Waals surface area contributed by atoms with E-state index >= 15 is 0 Å². The van der Waals surface area contributed by atoms with Crippen LogP contribution < -0.4 is 16.0 Å². The first-order valence-electron chi connectivity index (χ1n) is 16.5. The maximum atomic E-state index is 13.7. The van der Waals surface area contributed by atoms with Gasteiger partial charge in [-0.2, -0.15) is 0 Å². The fraction of sp³-hybridized carbons (Fsp3) is 0.657. The van der Waals surface area contributed by atoms with Crippen LogP contribution in [0.4, 0.5) is 0 Å². The Morgan fingerprint density at radius 1 is 1.02 bits per heavy atom. The van der Waals surface area contributed by atoms with Gasteiger partial charge in [0, 0.05) is 33.0 Å². The van der Waals surface area contributed by atoms with Crippen molar-refractivity contribution in [2.24, 2.45) is 11.8 Å². The minimum Gasteiger partial charge on any atom is -0.390 e. The molecule has 1 fully saturated rings. The van der Waals surface area contributed by atoms with Gasteiger partial charge < -0.3 is 26.2 Å². The molecule has 46 heavy (non-hydrogen) atoms. The standard InChI is InChI=1S/C35H54N4O6S/c1-5-8-20-32(40)33(41)31(25-28-18-13-10-14-19-28)38-35(43)30(15-6-2)37-34(42)29(24-27-16-11-9-12-17-27)26-46(44,45)39(4)23-22-36-21-7-3/h1-2,9,11-12,16-17,28-33,36,40-41H,7-8,10,13-15,18-26H2,3-4H3,(H,37,42)(H,38,43)/t29-,30+,31+,32+,33-/m1/s1. The molecule has 10 nitrogen and oxygen atoms in total. The van der Waals surface area contributed by atoms with Crippen LogP contribution in [0.2, 0.25) is 0 Å². The number of sulfonamides is 1. The second-order valence-electron chi connectivity index (χ2n) is 12.4. The van der Waals surface area contributed by atoms with Crippen LogP contribution in [-0.2, 0) is 26.0 Å². The van der Waals surface area contributed by atoms with Crippen molar-refractivity contribution in [3.63, 3.8) is 0 Å². The zero-order chi connectivity index (χ0) is 34.0. The molecule has 5 atom stereocenters. The predicted molar refractivity (Wildman–Crippen MR) is 182 cm³/mol. The number of hydrogen-bond acceptors (Lipinski definition) is 7. The number of rotatable bonds is 21. The first-order chi connectivity index (χ1) is 22.0. The summed E-state index contributed by atoms with van der Waals surface area (Å²) in [5.74, 6) is 2.50. The second-order valence-corrected chi connectivity index (χ2v) is 14.5. The van der Waals surface area contributed by atoms with Crippen LogP contribution in [0.3, 0.4) is 0 Å². The van der Waals surface area contributed by atoms with Crippen molar-refractivity contribution in [2.45, 2.75) is 102 Å². The fourth-order valence-electron chi connectivity index (χ4n) is 5.82. The number of aliphatic hydroxyl groups is 2. The van der Waals surface area contributed by atoms with Gasteiger partial charge in [0.15, 0.2) is 0 Å². The lowest BCUT2D eigenvalue weighted by Gasteiger charge is -2.33. The SMILES string of the molecule is C#CCC[C@H](O)[C@H](O)[C@H](CC1CCCCC1)NC(=O)[C@H](CC#C)NC(=O)[C@H](Cc1ccccc1)CS(=O)(=O)N(C)CCNCCC. The highest BCUT2D eigenvalue weighted by molar-refractivity contribution is 7.89. The summed E-state index contributed by atoms with van der Waals surface area (Å²) in [5.41, 5.74) is 0.777. The summed E-state index contributed by atoms with van der Waals surface area (Å²) < 4.78 is 27.9. The normalized spacial score (nSPS) is 17.2. The predicted octanol–water partition coefficient (Wildman–Crippen LogP) is 2.21. The molecular weight excluding hydrogens is 604 g/mol. The van der Waals surface area contributed by atoms with Gasteiger partial charge in [-0.25, -0.2) is 12.7 Å². The molecule has 0 unspecified atom stereocenters. The number of benzene rings is 1. The molecule has 0 aliphatic heterocycles. The lowest BCUT2D eigenvalue weighted by Crippen LogP contribution is -2.56.